The Bertz CT molecular complexity index is 555. The van der Waals surface area contributed by atoms with E-state index in [1.165, 1.54) is 6.08 Å². The Morgan fingerprint density at radius 3 is 2.35 bits per heavy atom. The number of nitrogens with zero attached hydrogens (tertiary/aromatic N) is 1. The molecule has 0 aliphatic carbocycles. The lowest BCUT2D eigenvalue weighted by atomic mass is 10.1. The van der Waals surface area contributed by atoms with Gasteiger partial charge in [0.25, 0.3) is 5.79 Å². The summed E-state index contributed by atoms with van der Waals surface area (Å²) in [5.74, 6) is -2.49. The summed E-state index contributed by atoms with van der Waals surface area (Å²) < 4.78 is 10.2. The quantitative estimate of drug-likeness (QED) is 0.480. The highest BCUT2D eigenvalue weighted by atomic mass is 16.7. The largest absolute Gasteiger partial charge is 0.419 e. The fourth-order valence-corrected chi connectivity index (χ4v) is 1.62. The van der Waals surface area contributed by atoms with Gasteiger partial charge in [0.05, 0.1) is 0 Å². The SMILES string of the molecule is CCC1(C)OC(=O)C(=C/C=C/c2ccncc2)C(=O)O1. The zero-order valence-electron chi connectivity index (χ0n) is 11.3. The van der Waals surface area contributed by atoms with Crippen molar-refractivity contribution >= 4 is 18.0 Å². The first kappa shape index (κ1) is 14.0. The molecule has 2 rings (SSSR count). The Kier molecular flexibility index (Phi) is 3.98. The van der Waals surface area contributed by atoms with Gasteiger partial charge >= 0.3 is 11.9 Å². The maximum Gasteiger partial charge on any atom is 0.348 e. The normalized spacial score (nSPS) is 22.6. The van der Waals surface area contributed by atoms with Crippen molar-refractivity contribution in [3.8, 4) is 0 Å². The molecule has 0 radical (unpaired) electrons. The second-order valence-corrected chi connectivity index (χ2v) is 4.49. The summed E-state index contributed by atoms with van der Waals surface area (Å²) in [5, 5.41) is 0. The molecule has 1 aliphatic rings. The number of cyclic esters (lactones) is 2. The first-order valence-corrected chi connectivity index (χ1v) is 6.29. The predicted octanol–water partition coefficient (Wildman–Crippen LogP) is 2.25. The maximum absolute atomic E-state index is 11.8. The molecule has 1 fully saturated rings. The third-order valence-electron chi connectivity index (χ3n) is 2.96. The van der Waals surface area contributed by atoms with Crippen LogP contribution >= 0.6 is 0 Å². The molecule has 2 heterocycles. The van der Waals surface area contributed by atoms with Crippen molar-refractivity contribution in [3.05, 3.63) is 47.8 Å². The molecule has 1 aromatic rings. The number of ether oxygens (including phenoxy) is 2. The summed E-state index contributed by atoms with van der Waals surface area (Å²) in [6.45, 7) is 3.34. The first-order valence-electron chi connectivity index (χ1n) is 6.29. The lowest BCUT2D eigenvalue weighted by Gasteiger charge is -2.32. The van der Waals surface area contributed by atoms with Gasteiger partial charge in [-0.25, -0.2) is 9.59 Å². The average molecular weight is 273 g/mol. The average Bonchev–Trinajstić information content (AvgIpc) is 2.43. The van der Waals surface area contributed by atoms with E-state index in [2.05, 4.69) is 4.98 Å². The zero-order chi connectivity index (χ0) is 14.6. The Labute approximate surface area is 116 Å². The van der Waals surface area contributed by atoms with E-state index >= 15 is 0 Å². The van der Waals surface area contributed by atoms with Crippen molar-refractivity contribution in [2.45, 2.75) is 26.1 Å². The topological polar surface area (TPSA) is 65.5 Å². The predicted molar refractivity (Wildman–Crippen MR) is 72.2 cm³/mol. The molecule has 0 saturated carbocycles. The Balaban J connectivity index is 2.13. The number of pyridine rings is 1. The van der Waals surface area contributed by atoms with Crippen LogP contribution in [0.25, 0.3) is 6.08 Å². The summed E-state index contributed by atoms with van der Waals surface area (Å²) in [5.41, 5.74) is 0.800. The molecule has 0 bridgehead atoms. The second kappa shape index (κ2) is 5.69. The van der Waals surface area contributed by atoms with E-state index in [-0.39, 0.29) is 5.57 Å². The van der Waals surface area contributed by atoms with Gasteiger partial charge in [-0.1, -0.05) is 19.1 Å². The lowest BCUT2D eigenvalue weighted by molar-refractivity contribution is -0.229. The van der Waals surface area contributed by atoms with Crippen LogP contribution in [0.1, 0.15) is 25.8 Å². The van der Waals surface area contributed by atoms with Gasteiger partial charge in [0.1, 0.15) is 5.57 Å². The van der Waals surface area contributed by atoms with Crippen LogP contribution < -0.4 is 0 Å². The third kappa shape index (κ3) is 3.12. The van der Waals surface area contributed by atoms with Crippen LogP contribution in [0.5, 0.6) is 0 Å². The van der Waals surface area contributed by atoms with Gasteiger partial charge in [-0.3, -0.25) is 4.98 Å². The second-order valence-electron chi connectivity index (χ2n) is 4.49. The third-order valence-corrected chi connectivity index (χ3v) is 2.96. The maximum atomic E-state index is 11.8. The Morgan fingerprint density at radius 1 is 1.20 bits per heavy atom. The molecule has 0 atom stereocenters. The molecule has 1 saturated heterocycles. The van der Waals surface area contributed by atoms with Crippen molar-refractivity contribution < 1.29 is 19.1 Å². The highest BCUT2D eigenvalue weighted by Gasteiger charge is 2.40. The van der Waals surface area contributed by atoms with Crippen LogP contribution in [0.3, 0.4) is 0 Å². The van der Waals surface area contributed by atoms with Crippen LogP contribution in [0, 0.1) is 0 Å². The van der Waals surface area contributed by atoms with Crippen molar-refractivity contribution in [2.75, 3.05) is 0 Å². The van der Waals surface area contributed by atoms with Crippen LogP contribution in [0.15, 0.2) is 42.3 Å². The highest BCUT2D eigenvalue weighted by molar-refractivity contribution is 6.15. The van der Waals surface area contributed by atoms with Crippen molar-refractivity contribution in [1.29, 1.82) is 0 Å². The molecular weight excluding hydrogens is 258 g/mol. The van der Waals surface area contributed by atoms with Gasteiger partial charge in [0, 0.05) is 25.7 Å². The van der Waals surface area contributed by atoms with Gasteiger partial charge in [-0.05, 0) is 23.8 Å². The van der Waals surface area contributed by atoms with Crippen molar-refractivity contribution in [1.82, 2.24) is 4.98 Å². The molecule has 0 unspecified atom stereocenters. The Hall–Kier alpha value is -2.43. The fourth-order valence-electron chi connectivity index (χ4n) is 1.62. The standard InChI is InChI=1S/C15H15NO4/c1-3-15(2)19-13(17)12(14(18)20-15)6-4-5-11-7-9-16-10-8-11/h4-10H,3H2,1-2H3/b5-4+,12-6?. The molecule has 104 valence electrons. The highest BCUT2D eigenvalue weighted by Crippen LogP contribution is 2.26. The number of hydrogen-bond acceptors (Lipinski definition) is 5. The summed E-state index contributed by atoms with van der Waals surface area (Å²) in [6.07, 6.45) is 8.46. The number of rotatable bonds is 3. The molecule has 5 heteroatoms. The van der Waals surface area contributed by atoms with Crippen molar-refractivity contribution in [3.63, 3.8) is 0 Å². The summed E-state index contributed by atoms with van der Waals surface area (Å²) >= 11 is 0. The molecule has 0 N–H and O–H groups in total. The van der Waals surface area contributed by atoms with E-state index in [0.717, 1.165) is 5.56 Å². The van der Waals surface area contributed by atoms with Gasteiger partial charge in [-0.2, -0.15) is 0 Å². The minimum absolute atomic E-state index is 0.110. The van der Waals surface area contributed by atoms with E-state index in [0.29, 0.717) is 6.42 Å². The number of carbonyl (C=O) groups is 2. The summed E-state index contributed by atoms with van der Waals surface area (Å²) in [4.78, 5) is 27.5. The molecule has 20 heavy (non-hydrogen) atoms. The van der Waals surface area contributed by atoms with E-state index in [4.69, 9.17) is 9.47 Å². The number of aromatic nitrogens is 1. The molecule has 0 aromatic carbocycles. The molecule has 1 aliphatic heterocycles. The lowest BCUT2D eigenvalue weighted by Crippen LogP contribution is -2.43. The number of allylic oxidation sites excluding steroid dienone is 2. The monoisotopic (exact) mass is 273 g/mol. The first-order chi connectivity index (χ1) is 9.54. The summed E-state index contributed by atoms with van der Waals surface area (Å²) in [7, 11) is 0. The van der Waals surface area contributed by atoms with E-state index in [9.17, 15) is 9.59 Å². The molecule has 5 nitrogen and oxygen atoms in total. The number of esters is 2. The fraction of sp³-hybridized carbons (Fsp3) is 0.267. The van der Waals surface area contributed by atoms with Crippen molar-refractivity contribution in [2.24, 2.45) is 0 Å². The van der Waals surface area contributed by atoms with Gasteiger partial charge < -0.3 is 9.47 Å². The molecular formula is C15H15NO4. The van der Waals surface area contributed by atoms with Crippen LogP contribution in [0.2, 0.25) is 0 Å². The molecule has 0 spiro atoms. The zero-order valence-corrected chi connectivity index (χ0v) is 11.3. The smallest absolute Gasteiger partial charge is 0.348 e. The minimum Gasteiger partial charge on any atom is -0.419 e. The van der Waals surface area contributed by atoms with Crippen LogP contribution in [0.4, 0.5) is 0 Å². The molecule has 1 aromatic heterocycles. The van der Waals surface area contributed by atoms with Crippen LogP contribution in [-0.2, 0) is 19.1 Å². The van der Waals surface area contributed by atoms with Gasteiger partial charge in [0.2, 0.25) is 0 Å². The van der Waals surface area contributed by atoms with Gasteiger partial charge in [-0.15, -0.1) is 0 Å². The molecule has 0 amide bonds. The van der Waals surface area contributed by atoms with E-state index in [1.54, 1.807) is 50.5 Å². The van der Waals surface area contributed by atoms with Crippen LogP contribution in [-0.4, -0.2) is 22.7 Å². The Morgan fingerprint density at radius 2 is 1.80 bits per heavy atom. The number of hydrogen-bond donors (Lipinski definition) is 0. The minimum atomic E-state index is -1.17. The van der Waals surface area contributed by atoms with E-state index < -0.39 is 17.7 Å². The number of carbonyl (C=O) groups excluding carboxylic acids is 2. The van der Waals surface area contributed by atoms with Gasteiger partial charge in [0.15, 0.2) is 0 Å². The van der Waals surface area contributed by atoms with E-state index in [1.807, 2.05) is 0 Å². The summed E-state index contributed by atoms with van der Waals surface area (Å²) in [6, 6.07) is 3.61.